The van der Waals surface area contributed by atoms with E-state index in [1.807, 2.05) is 0 Å². The molecule has 1 aromatic carbocycles. The van der Waals surface area contributed by atoms with E-state index in [4.69, 9.17) is 0 Å². The maximum absolute atomic E-state index is 10.7. The molecular weight excluding hydrogens is 196 g/mol. The highest BCUT2D eigenvalue weighted by molar-refractivity contribution is 5.53. The Morgan fingerprint density at radius 3 is 2.19 bits per heavy atom. The molecule has 1 aromatic rings. The fraction of sp³-hybridized carbons (Fsp3) is 0.533. The zero-order valence-corrected chi connectivity index (χ0v) is 10.8. The highest BCUT2D eigenvalue weighted by Crippen LogP contribution is 2.31. The fourth-order valence-electron chi connectivity index (χ4n) is 1.92. The third-order valence-corrected chi connectivity index (χ3v) is 3.59. The molecule has 0 saturated heterocycles. The zero-order chi connectivity index (χ0) is 12.2. The van der Waals surface area contributed by atoms with Crippen LogP contribution in [0.4, 0.5) is 0 Å². The lowest BCUT2D eigenvalue weighted by atomic mass is 9.77. The first-order valence-electron chi connectivity index (χ1n) is 6.07. The van der Waals surface area contributed by atoms with Crippen LogP contribution in [-0.4, -0.2) is 6.29 Å². The second kappa shape index (κ2) is 5.29. The number of aldehydes is 1. The van der Waals surface area contributed by atoms with Gasteiger partial charge < -0.3 is 4.79 Å². The molecule has 0 bridgehead atoms. The van der Waals surface area contributed by atoms with E-state index in [1.165, 1.54) is 11.1 Å². The van der Waals surface area contributed by atoms with Gasteiger partial charge in [-0.1, -0.05) is 52.0 Å². The summed E-state index contributed by atoms with van der Waals surface area (Å²) in [5.74, 6) is 0.563. The summed E-state index contributed by atoms with van der Waals surface area (Å²) < 4.78 is 0. The van der Waals surface area contributed by atoms with Crippen LogP contribution in [0.25, 0.3) is 0 Å². The lowest BCUT2D eigenvalue weighted by Gasteiger charge is -2.27. The SMILES string of the molecule is CCC(C)(CC=O)c1ccc(C(C)C)cc1. The summed E-state index contributed by atoms with van der Waals surface area (Å²) in [6.07, 6.45) is 2.62. The van der Waals surface area contributed by atoms with Crippen LogP contribution >= 0.6 is 0 Å². The van der Waals surface area contributed by atoms with E-state index < -0.39 is 0 Å². The molecule has 0 heterocycles. The van der Waals surface area contributed by atoms with E-state index in [-0.39, 0.29) is 5.41 Å². The molecule has 0 spiro atoms. The van der Waals surface area contributed by atoms with Crippen LogP contribution in [0.3, 0.4) is 0 Å². The molecule has 0 radical (unpaired) electrons. The standard InChI is InChI=1S/C15H22O/c1-5-15(4,10-11-16)14-8-6-13(7-9-14)12(2)3/h6-9,11-12H,5,10H2,1-4H3. The highest BCUT2D eigenvalue weighted by atomic mass is 16.1. The minimum Gasteiger partial charge on any atom is -0.303 e. The van der Waals surface area contributed by atoms with Crippen molar-refractivity contribution in [3.8, 4) is 0 Å². The lowest BCUT2D eigenvalue weighted by Crippen LogP contribution is -2.21. The van der Waals surface area contributed by atoms with Gasteiger partial charge in [-0.15, -0.1) is 0 Å². The van der Waals surface area contributed by atoms with Crippen molar-refractivity contribution in [1.29, 1.82) is 0 Å². The van der Waals surface area contributed by atoms with Gasteiger partial charge in [-0.2, -0.15) is 0 Å². The van der Waals surface area contributed by atoms with Crippen LogP contribution in [0, 0.1) is 0 Å². The zero-order valence-electron chi connectivity index (χ0n) is 10.8. The quantitative estimate of drug-likeness (QED) is 0.681. The molecule has 88 valence electrons. The predicted octanol–water partition coefficient (Wildman–Crippen LogP) is 4.07. The van der Waals surface area contributed by atoms with Crippen molar-refractivity contribution in [3.63, 3.8) is 0 Å². The molecule has 0 aliphatic rings. The number of benzene rings is 1. The van der Waals surface area contributed by atoms with E-state index in [0.29, 0.717) is 12.3 Å². The Labute approximate surface area is 98.9 Å². The summed E-state index contributed by atoms with van der Waals surface area (Å²) in [7, 11) is 0. The molecule has 0 fully saturated rings. The topological polar surface area (TPSA) is 17.1 Å². The Morgan fingerprint density at radius 1 is 1.25 bits per heavy atom. The van der Waals surface area contributed by atoms with Crippen LogP contribution in [0.15, 0.2) is 24.3 Å². The van der Waals surface area contributed by atoms with Crippen molar-refractivity contribution in [2.45, 2.75) is 51.9 Å². The van der Waals surface area contributed by atoms with E-state index in [1.54, 1.807) is 0 Å². The first-order valence-corrected chi connectivity index (χ1v) is 6.07. The Morgan fingerprint density at radius 2 is 1.81 bits per heavy atom. The summed E-state index contributed by atoms with van der Waals surface area (Å²) >= 11 is 0. The van der Waals surface area contributed by atoms with E-state index in [9.17, 15) is 4.79 Å². The van der Waals surface area contributed by atoms with Gasteiger partial charge in [0.05, 0.1) is 0 Å². The molecule has 0 aliphatic heterocycles. The predicted molar refractivity (Wildman–Crippen MR) is 68.9 cm³/mol. The first-order chi connectivity index (χ1) is 7.53. The molecule has 16 heavy (non-hydrogen) atoms. The van der Waals surface area contributed by atoms with Gasteiger partial charge in [0, 0.05) is 6.42 Å². The van der Waals surface area contributed by atoms with E-state index in [0.717, 1.165) is 12.7 Å². The molecule has 1 unspecified atom stereocenters. The smallest absolute Gasteiger partial charge is 0.120 e. The van der Waals surface area contributed by atoms with Gasteiger partial charge in [0.1, 0.15) is 6.29 Å². The Balaban J connectivity index is 2.99. The normalized spacial score (nSPS) is 14.8. The maximum atomic E-state index is 10.7. The minimum atomic E-state index is -0.00272. The second-order valence-electron chi connectivity index (χ2n) is 5.06. The van der Waals surface area contributed by atoms with Crippen LogP contribution in [0.5, 0.6) is 0 Å². The molecule has 0 aliphatic carbocycles. The average Bonchev–Trinajstić information content (AvgIpc) is 2.29. The summed E-state index contributed by atoms with van der Waals surface area (Å²) in [5.41, 5.74) is 2.62. The Kier molecular flexibility index (Phi) is 4.28. The molecule has 1 atom stereocenters. The van der Waals surface area contributed by atoms with Crippen molar-refractivity contribution in [2.24, 2.45) is 0 Å². The van der Waals surface area contributed by atoms with Crippen molar-refractivity contribution >= 4 is 6.29 Å². The Bertz CT molecular complexity index is 337. The molecule has 0 aromatic heterocycles. The van der Waals surface area contributed by atoms with E-state index >= 15 is 0 Å². The van der Waals surface area contributed by atoms with Gasteiger partial charge in [-0.05, 0) is 28.9 Å². The number of carbonyl (C=O) groups excluding carboxylic acids is 1. The summed E-state index contributed by atoms with van der Waals surface area (Å²) in [6.45, 7) is 8.69. The van der Waals surface area contributed by atoms with Gasteiger partial charge in [0.2, 0.25) is 0 Å². The third kappa shape index (κ3) is 2.72. The molecular formula is C15H22O. The largest absolute Gasteiger partial charge is 0.303 e. The number of carbonyl (C=O) groups is 1. The van der Waals surface area contributed by atoms with Crippen molar-refractivity contribution in [2.75, 3.05) is 0 Å². The van der Waals surface area contributed by atoms with Gasteiger partial charge >= 0.3 is 0 Å². The Hall–Kier alpha value is -1.11. The molecule has 0 N–H and O–H groups in total. The van der Waals surface area contributed by atoms with E-state index in [2.05, 4.69) is 52.0 Å². The molecule has 1 nitrogen and oxygen atoms in total. The molecule has 0 saturated carbocycles. The van der Waals surface area contributed by atoms with Gasteiger partial charge in [0.25, 0.3) is 0 Å². The van der Waals surface area contributed by atoms with Gasteiger partial charge in [-0.3, -0.25) is 0 Å². The average molecular weight is 218 g/mol. The molecule has 0 amide bonds. The summed E-state index contributed by atoms with van der Waals surface area (Å²) in [4.78, 5) is 10.7. The van der Waals surface area contributed by atoms with Crippen molar-refractivity contribution in [3.05, 3.63) is 35.4 Å². The molecule has 1 heteroatoms. The van der Waals surface area contributed by atoms with Crippen LogP contribution in [0.1, 0.15) is 57.6 Å². The summed E-state index contributed by atoms with van der Waals surface area (Å²) in [6, 6.07) is 8.70. The maximum Gasteiger partial charge on any atom is 0.120 e. The number of hydrogen-bond donors (Lipinski definition) is 0. The van der Waals surface area contributed by atoms with Gasteiger partial charge in [-0.25, -0.2) is 0 Å². The van der Waals surface area contributed by atoms with Crippen LogP contribution in [0.2, 0.25) is 0 Å². The lowest BCUT2D eigenvalue weighted by molar-refractivity contribution is -0.108. The minimum absolute atomic E-state index is 0.00272. The molecule has 1 rings (SSSR count). The highest BCUT2D eigenvalue weighted by Gasteiger charge is 2.23. The first kappa shape index (κ1) is 13.0. The monoisotopic (exact) mass is 218 g/mol. The number of rotatable bonds is 5. The van der Waals surface area contributed by atoms with Crippen molar-refractivity contribution < 1.29 is 4.79 Å². The van der Waals surface area contributed by atoms with Gasteiger partial charge in [0.15, 0.2) is 0 Å². The van der Waals surface area contributed by atoms with Crippen LogP contribution in [-0.2, 0) is 10.2 Å². The van der Waals surface area contributed by atoms with Crippen LogP contribution < -0.4 is 0 Å². The second-order valence-corrected chi connectivity index (χ2v) is 5.06. The fourth-order valence-corrected chi connectivity index (χ4v) is 1.92. The summed E-state index contributed by atoms with van der Waals surface area (Å²) in [5, 5.41) is 0. The number of hydrogen-bond acceptors (Lipinski definition) is 1. The third-order valence-electron chi connectivity index (χ3n) is 3.59. The van der Waals surface area contributed by atoms with Crippen molar-refractivity contribution in [1.82, 2.24) is 0 Å².